The summed E-state index contributed by atoms with van der Waals surface area (Å²) in [6.07, 6.45) is 1.89. The van der Waals surface area contributed by atoms with E-state index in [4.69, 9.17) is 21.3 Å². The zero-order chi connectivity index (χ0) is 24.4. The minimum Gasteiger partial charge on any atom is -0.379 e. The van der Waals surface area contributed by atoms with Crippen molar-refractivity contribution in [2.45, 2.75) is 29.5 Å². The lowest BCUT2D eigenvalue weighted by atomic mass is 10.2. The molecule has 0 spiro atoms. The van der Waals surface area contributed by atoms with E-state index in [2.05, 4.69) is 4.90 Å². The van der Waals surface area contributed by atoms with Gasteiger partial charge in [0.15, 0.2) is 5.13 Å². The Morgan fingerprint density at radius 2 is 2.03 bits per heavy atom. The first kappa shape index (κ1) is 25.1. The fourth-order valence-electron chi connectivity index (χ4n) is 4.58. The van der Waals surface area contributed by atoms with Gasteiger partial charge in [0.1, 0.15) is 15.8 Å². The van der Waals surface area contributed by atoms with Gasteiger partial charge in [0.05, 0.1) is 22.9 Å². The van der Waals surface area contributed by atoms with Crippen LogP contribution in [0.1, 0.15) is 19.3 Å². The van der Waals surface area contributed by atoms with Gasteiger partial charge in [-0.05, 0) is 42.8 Å². The van der Waals surface area contributed by atoms with Crippen LogP contribution >= 0.6 is 34.3 Å². The van der Waals surface area contributed by atoms with Crippen molar-refractivity contribution in [1.82, 2.24) is 14.2 Å². The molecule has 188 valence electrons. The lowest BCUT2D eigenvalue weighted by Gasteiger charge is -2.30. The van der Waals surface area contributed by atoms with E-state index in [-0.39, 0.29) is 10.1 Å². The lowest BCUT2D eigenvalue weighted by molar-refractivity contribution is -0.121. The van der Waals surface area contributed by atoms with Gasteiger partial charge in [-0.1, -0.05) is 35.1 Å². The van der Waals surface area contributed by atoms with Crippen LogP contribution in [0.4, 0.5) is 5.13 Å². The number of fused-ring (bicyclic) bond motifs is 1. The van der Waals surface area contributed by atoms with Crippen molar-refractivity contribution in [1.29, 1.82) is 0 Å². The van der Waals surface area contributed by atoms with Gasteiger partial charge in [-0.2, -0.15) is 4.31 Å². The smallest absolute Gasteiger partial charge is 0.253 e. The number of amides is 1. The Morgan fingerprint density at radius 3 is 2.77 bits per heavy atom. The number of carbonyl (C=O) groups excluding carboxylic acids is 1. The number of nitrogens with zero attached hydrogens (tertiary/aromatic N) is 4. The first-order valence-corrected chi connectivity index (χ1v) is 15.2. The van der Waals surface area contributed by atoms with E-state index in [0.717, 1.165) is 44.0 Å². The number of hydrogen-bond donors (Lipinski definition) is 0. The summed E-state index contributed by atoms with van der Waals surface area (Å²) in [6.45, 7) is 4.81. The minimum atomic E-state index is -3.73. The number of thiazole rings is 1. The third-order valence-corrected chi connectivity index (χ3v) is 11.0. The molecule has 0 radical (unpaired) electrons. The van der Waals surface area contributed by atoms with Crippen LogP contribution in [0, 0.1) is 0 Å². The summed E-state index contributed by atoms with van der Waals surface area (Å²) in [5, 5.41) is 2.83. The van der Waals surface area contributed by atoms with Gasteiger partial charge in [-0.15, -0.1) is 11.3 Å². The third-order valence-electron chi connectivity index (χ3n) is 6.36. The number of para-hydroxylation sites is 1. The first-order valence-electron chi connectivity index (χ1n) is 11.7. The highest BCUT2D eigenvalue weighted by molar-refractivity contribution is 7.91. The number of ether oxygens (including phenoxy) is 1. The van der Waals surface area contributed by atoms with Crippen LogP contribution < -0.4 is 4.90 Å². The topological polar surface area (TPSA) is 83.1 Å². The van der Waals surface area contributed by atoms with Gasteiger partial charge >= 0.3 is 0 Å². The Labute approximate surface area is 218 Å². The SMILES string of the molecule is O=C(C1CCCN1S(=O)(=O)c1cccs1)N(CCCN1CCOCC1)c1nc2c(Cl)cccc2s1. The van der Waals surface area contributed by atoms with Crippen LogP contribution in [0.3, 0.4) is 0 Å². The van der Waals surface area contributed by atoms with Gasteiger partial charge in [0.2, 0.25) is 5.91 Å². The molecule has 2 aliphatic rings. The average molecular weight is 555 g/mol. The van der Waals surface area contributed by atoms with Crippen molar-refractivity contribution >= 4 is 65.6 Å². The number of sulfonamides is 1. The Morgan fingerprint density at radius 1 is 1.20 bits per heavy atom. The van der Waals surface area contributed by atoms with Crippen LogP contribution in [-0.2, 0) is 19.6 Å². The lowest BCUT2D eigenvalue weighted by Crippen LogP contribution is -2.48. The molecular weight excluding hydrogens is 528 g/mol. The van der Waals surface area contributed by atoms with Gasteiger partial charge in [0, 0.05) is 32.7 Å². The van der Waals surface area contributed by atoms with Gasteiger partial charge in [0.25, 0.3) is 10.0 Å². The fraction of sp³-hybridized carbons (Fsp3) is 0.478. The molecule has 5 rings (SSSR count). The maximum Gasteiger partial charge on any atom is 0.253 e. The number of anilines is 1. The van der Waals surface area contributed by atoms with Gasteiger partial charge in [-0.3, -0.25) is 14.6 Å². The van der Waals surface area contributed by atoms with E-state index in [0.29, 0.717) is 41.6 Å². The molecule has 35 heavy (non-hydrogen) atoms. The molecule has 0 aliphatic carbocycles. The predicted octanol–water partition coefficient (Wildman–Crippen LogP) is 3.92. The number of halogens is 1. The molecule has 2 saturated heterocycles. The van der Waals surface area contributed by atoms with E-state index in [1.807, 2.05) is 12.1 Å². The minimum absolute atomic E-state index is 0.222. The summed E-state index contributed by atoms with van der Waals surface area (Å²) in [7, 11) is -3.73. The number of hydrogen-bond acceptors (Lipinski definition) is 8. The normalized spacial score (nSPS) is 20.0. The first-order chi connectivity index (χ1) is 16.9. The van der Waals surface area contributed by atoms with E-state index in [1.54, 1.807) is 28.5 Å². The zero-order valence-corrected chi connectivity index (χ0v) is 22.3. The molecule has 2 aliphatic heterocycles. The molecule has 0 N–H and O–H groups in total. The number of carbonyl (C=O) groups is 1. The maximum absolute atomic E-state index is 13.9. The molecule has 1 amide bonds. The largest absolute Gasteiger partial charge is 0.379 e. The van der Waals surface area contributed by atoms with Crippen molar-refractivity contribution < 1.29 is 17.9 Å². The van der Waals surface area contributed by atoms with Crippen molar-refractivity contribution in [3.63, 3.8) is 0 Å². The van der Waals surface area contributed by atoms with E-state index >= 15 is 0 Å². The molecule has 1 unspecified atom stereocenters. The second kappa shape index (κ2) is 10.8. The van der Waals surface area contributed by atoms with Crippen molar-refractivity contribution in [3.05, 3.63) is 40.7 Å². The summed E-state index contributed by atoms with van der Waals surface area (Å²) < 4.78 is 34.6. The van der Waals surface area contributed by atoms with Crippen LogP contribution in [0.2, 0.25) is 5.02 Å². The highest BCUT2D eigenvalue weighted by Crippen LogP contribution is 2.35. The molecule has 1 aromatic carbocycles. The van der Waals surface area contributed by atoms with E-state index in [9.17, 15) is 13.2 Å². The Hall–Kier alpha value is -1.60. The second-order valence-corrected chi connectivity index (χ2v) is 13.1. The number of thiophene rings is 1. The molecule has 3 aromatic rings. The van der Waals surface area contributed by atoms with Crippen molar-refractivity contribution in [2.75, 3.05) is 50.8 Å². The number of rotatable bonds is 8. The van der Waals surface area contributed by atoms with Gasteiger partial charge < -0.3 is 4.74 Å². The average Bonchev–Trinajstić information content (AvgIpc) is 3.63. The predicted molar refractivity (Wildman–Crippen MR) is 140 cm³/mol. The maximum atomic E-state index is 13.9. The molecular formula is C23H27ClN4O4S3. The van der Waals surface area contributed by atoms with Crippen LogP contribution in [-0.4, -0.2) is 80.5 Å². The number of benzene rings is 1. The second-order valence-electron chi connectivity index (χ2n) is 8.59. The highest BCUT2D eigenvalue weighted by Gasteiger charge is 2.42. The summed E-state index contributed by atoms with van der Waals surface area (Å²) in [5.41, 5.74) is 0.662. The standard InChI is InChI=1S/C23H27ClN4O4S3/c24-17-5-1-7-19-21(17)25-23(34-19)27(10-4-9-26-12-14-32-15-13-26)22(29)18-6-2-11-28(18)35(30,31)20-8-3-16-33-20/h1,3,5,7-8,16,18H,2,4,6,9-15H2. The fourth-order valence-corrected chi connectivity index (χ4v) is 8.64. The quantitative estimate of drug-likeness (QED) is 0.420. The molecule has 8 nitrogen and oxygen atoms in total. The molecule has 1 atom stereocenters. The monoisotopic (exact) mass is 554 g/mol. The number of aromatic nitrogens is 1. The Bertz CT molecular complexity index is 1280. The molecule has 12 heteroatoms. The molecule has 2 fully saturated rings. The third kappa shape index (κ3) is 5.27. The van der Waals surface area contributed by atoms with Crippen LogP contribution in [0.5, 0.6) is 0 Å². The molecule has 0 saturated carbocycles. The molecule has 4 heterocycles. The zero-order valence-electron chi connectivity index (χ0n) is 19.1. The van der Waals surface area contributed by atoms with E-state index < -0.39 is 16.1 Å². The summed E-state index contributed by atoms with van der Waals surface area (Å²) >= 11 is 8.95. The van der Waals surface area contributed by atoms with Crippen molar-refractivity contribution in [3.8, 4) is 0 Å². The summed E-state index contributed by atoms with van der Waals surface area (Å²) in [5.74, 6) is -0.222. The Kier molecular flexibility index (Phi) is 7.73. The van der Waals surface area contributed by atoms with Crippen molar-refractivity contribution in [2.24, 2.45) is 0 Å². The summed E-state index contributed by atoms with van der Waals surface area (Å²) in [6, 6.07) is 8.14. The number of morpholine rings is 1. The molecule has 0 bridgehead atoms. The molecule has 2 aromatic heterocycles. The summed E-state index contributed by atoms with van der Waals surface area (Å²) in [4.78, 5) is 22.6. The Balaban J connectivity index is 1.41. The van der Waals surface area contributed by atoms with Crippen LogP contribution in [0.25, 0.3) is 10.2 Å². The van der Waals surface area contributed by atoms with Crippen LogP contribution in [0.15, 0.2) is 39.9 Å². The van der Waals surface area contributed by atoms with E-state index in [1.165, 1.54) is 27.0 Å². The highest BCUT2D eigenvalue weighted by atomic mass is 35.5. The van der Waals surface area contributed by atoms with Gasteiger partial charge in [-0.25, -0.2) is 13.4 Å².